The number of para-hydroxylation sites is 1. The summed E-state index contributed by atoms with van der Waals surface area (Å²) in [4.78, 5) is 23.3. The van der Waals surface area contributed by atoms with Gasteiger partial charge in [0.1, 0.15) is 18.1 Å². The molecule has 2 amide bonds. The van der Waals surface area contributed by atoms with E-state index in [0.29, 0.717) is 22.6 Å². The molecule has 0 aliphatic rings. The van der Waals surface area contributed by atoms with E-state index in [1.807, 2.05) is 0 Å². The number of furan rings is 1. The van der Waals surface area contributed by atoms with E-state index in [0.717, 1.165) is 5.56 Å². The van der Waals surface area contributed by atoms with E-state index < -0.39 is 11.8 Å². The maximum Gasteiger partial charge on any atom is 0.307 e. The molecule has 0 aliphatic carbocycles. The largest absolute Gasteiger partial charge is 0.496 e. The average Bonchev–Trinajstić information content (AvgIpc) is 3.27. The molecule has 0 bridgehead atoms. The molecule has 8 nitrogen and oxygen atoms in total. The van der Waals surface area contributed by atoms with Gasteiger partial charge in [-0.15, -0.1) is 0 Å². The Morgan fingerprint density at radius 2 is 1.97 bits per heavy atom. The summed E-state index contributed by atoms with van der Waals surface area (Å²) in [5, 5.41) is 3.92. The molecule has 8 heteroatoms. The van der Waals surface area contributed by atoms with Crippen molar-refractivity contribution in [1.82, 2.24) is 5.43 Å². The van der Waals surface area contributed by atoms with Crippen molar-refractivity contribution in [1.29, 1.82) is 0 Å². The molecule has 0 saturated heterocycles. The van der Waals surface area contributed by atoms with E-state index in [1.165, 1.54) is 18.5 Å². The number of hydrogen-bond donors (Lipinski definition) is 2. The van der Waals surface area contributed by atoms with Gasteiger partial charge < -0.3 is 19.6 Å². The zero-order valence-electron chi connectivity index (χ0n) is 15.6. The number of nitrogens with zero attached hydrogens (tertiary/aromatic N) is 1. The highest BCUT2D eigenvalue weighted by molar-refractivity contribution is 5.95. The number of benzene rings is 2. The number of amides is 2. The Morgan fingerprint density at radius 1 is 1.14 bits per heavy atom. The quantitative estimate of drug-likeness (QED) is 0.451. The predicted molar refractivity (Wildman–Crippen MR) is 106 cm³/mol. The first-order valence-corrected chi connectivity index (χ1v) is 8.64. The molecule has 3 rings (SSSR count). The van der Waals surface area contributed by atoms with Crippen LogP contribution in [0.5, 0.6) is 11.5 Å². The van der Waals surface area contributed by atoms with Gasteiger partial charge in [-0.3, -0.25) is 9.59 Å². The number of nitrogens with two attached hydrogens (primary N) is 1. The Bertz CT molecular complexity index is 1030. The van der Waals surface area contributed by atoms with Crippen molar-refractivity contribution in [3.05, 3.63) is 83.3 Å². The molecule has 0 radical (unpaired) electrons. The van der Waals surface area contributed by atoms with Crippen molar-refractivity contribution in [2.45, 2.75) is 6.61 Å². The van der Waals surface area contributed by atoms with Crippen LogP contribution in [-0.2, 0) is 6.61 Å². The second kappa shape index (κ2) is 9.23. The van der Waals surface area contributed by atoms with E-state index in [1.54, 1.807) is 55.6 Å². The Labute approximate surface area is 166 Å². The fourth-order valence-corrected chi connectivity index (χ4v) is 2.57. The van der Waals surface area contributed by atoms with Crippen LogP contribution in [-0.4, -0.2) is 25.1 Å². The molecule has 0 saturated carbocycles. The average molecular weight is 393 g/mol. The van der Waals surface area contributed by atoms with Gasteiger partial charge in [0.05, 0.1) is 25.2 Å². The van der Waals surface area contributed by atoms with Crippen molar-refractivity contribution in [3.8, 4) is 11.5 Å². The summed E-state index contributed by atoms with van der Waals surface area (Å²) in [6.45, 7) is 0.147. The minimum atomic E-state index is -0.569. The Balaban J connectivity index is 1.71. The molecule has 0 unspecified atom stereocenters. The van der Waals surface area contributed by atoms with E-state index in [-0.39, 0.29) is 12.4 Å². The fraction of sp³-hybridized carbons (Fsp3) is 0.0952. The van der Waals surface area contributed by atoms with Gasteiger partial charge in [0, 0.05) is 5.56 Å². The molecule has 0 fully saturated rings. The molecule has 2 aromatic carbocycles. The lowest BCUT2D eigenvalue weighted by Gasteiger charge is -2.12. The number of methoxy groups -OCH3 is 1. The van der Waals surface area contributed by atoms with Crippen molar-refractivity contribution >= 4 is 18.0 Å². The molecule has 0 aliphatic heterocycles. The monoisotopic (exact) mass is 393 g/mol. The van der Waals surface area contributed by atoms with Crippen molar-refractivity contribution in [2.75, 3.05) is 7.11 Å². The normalized spacial score (nSPS) is 10.7. The number of rotatable bonds is 8. The third-order valence-electron chi connectivity index (χ3n) is 3.96. The molecule has 0 spiro atoms. The first-order chi connectivity index (χ1) is 14.1. The number of nitrogens with one attached hydrogen (secondary N) is 1. The van der Waals surface area contributed by atoms with E-state index in [9.17, 15) is 9.59 Å². The lowest BCUT2D eigenvalue weighted by molar-refractivity contribution is 0.0926. The van der Waals surface area contributed by atoms with Crippen LogP contribution in [0.25, 0.3) is 0 Å². The third-order valence-corrected chi connectivity index (χ3v) is 3.96. The Kier molecular flexibility index (Phi) is 6.26. The summed E-state index contributed by atoms with van der Waals surface area (Å²) in [7, 11) is 1.55. The highest BCUT2D eigenvalue weighted by atomic mass is 16.5. The molecule has 148 valence electrons. The molecular weight excluding hydrogens is 374 g/mol. The summed E-state index contributed by atoms with van der Waals surface area (Å²) in [6, 6.07) is 15.2. The first kappa shape index (κ1) is 19.7. The van der Waals surface area contributed by atoms with Crippen LogP contribution in [0, 0.1) is 0 Å². The van der Waals surface area contributed by atoms with Gasteiger partial charge in [-0.1, -0.05) is 12.1 Å². The van der Waals surface area contributed by atoms with E-state index in [4.69, 9.17) is 19.6 Å². The molecule has 29 heavy (non-hydrogen) atoms. The van der Waals surface area contributed by atoms with Crippen LogP contribution >= 0.6 is 0 Å². The van der Waals surface area contributed by atoms with Crippen LogP contribution in [0.3, 0.4) is 0 Å². The van der Waals surface area contributed by atoms with Crippen LogP contribution in [0.2, 0.25) is 0 Å². The molecule has 1 aromatic heterocycles. The summed E-state index contributed by atoms with van der Waals surface area (Å²) >= 11 is 0. The molecule has 1 heterocycles. The zero-order chi connectivity index (χ0) is 20.6. The van der Waals surface area contributed by atoms with Gasteiger partial charge in [-0.2, -0.15) is 5.10 Å². The minimum absolute atomic E-state index is 0.147. The molecule has 3 aromatic rings. The smallest absolute Gasteiger partial charge is 0.307 e. The molecular formula is C21H19N3O5. The van der Waals surface area contributed by atoms with Crippen LogP contribution < -0.4 is 20.6 Å². The maximum absolute atomic E-state index is 11.8. The topological polar surface area (TPSA) is 116 Å². The number of ether oxygens (including phenoxy) is 2. The van der Waals surface area contributed by atoms with Crippen molar-refractivity contribution < 1.29 is 23.5 Å². The van der Waals surface area contributed by atoms with Crippen LogP contribution in [0.4, 0.5) is 0 Å². The molecule has 3 N–H and O–H groups in total. The van der Waals surface area contributed by atoms with Crippen LogP contribution in [0.1, 0.15) is 32.0 Å². The van der Waals surface area contributed by atoms with Crippen molar-refractivity contribution in [3.63, 3.8) is 0 Å². The fourth-order valence-electron chi connectivity index (χ4n) is 2.57. The minimum Gasteiger partial charge on any atom is -0.496 e. The van der Waals surface area contributed by atoms with Gasteiger partial charge in [-0.05, 0) is 48.0 Å². The number of hydrogen-bond acceptors (Lipinski definition) is 6. The predicted octanol–water partition coefficient (Wildman–Crippen LogP) is 2.73. The number of primary amides is 1. The van der Waals surface area contributed by atoms with Gasteiger partial charge in [0.15, 0.2) is 5.76 Å². The van der Waals surface area contributed by atoms with Gasteiger partial charge in [0.2, 0.25) is 0 Å². The zero-order valence-corrected chi connectivity index (χ0v) is 15.6. The van der Waals surface area contributed by atoms with Gasteiger partial charge in [0.25, 0.3) is 5.91 Å². The SMILES string of the molecule is COc1ccc(C=NNC(=O)c2ccco2)cc1COc1ccccc1C(N)=O. The maximum atomic E-state index is 11.8. The third kappa shape index (κ3) is 5.01. The van der Waals surface area contributed by atoms with Gasteiger partial charge >= 0.3 is 5.91 Å². The van der Waals surface area contributed by atoms with Crippen LogP contribution in [0.15, 0.2) is 70.4 Å². The van der Waals surface area contributed by atoms with E-state index in [2.05, 4.69) is 10.5 Å². The highest BCUT2D eigenvalue weighted by Crippen LogP contribution is 2.23. The Morgan fingerprint density at radius 3 is 2.69 bits per heavy atom. The first-order valence-electron chi connectivity index (χ1n) is 8.64. The Hall–Kier alpha value is -4.07. The lowest BCUT2D eigenvalue weighted by atomic mass is 10.1. The van der Waals surface area contributed by atoms with Gasteiger partial charge in [-0.25, -0.2) is 5.43 Å². The van der Waals surface area contributed by atoms with Crippen molar-refractivity contribution in [2.24, 2.45) is 10.8 Å². The summed E-state index contributed by atoms with van der Waals surface area (Å²) < 4.78 is 16.1. The summed E-state index contributed by atoms with van der Waals surface area (Å²) in [5.74, 6) is 0.136. The number of hydrazone groups is 1. The second-order valence-electron chi connectivity index (χ2n) is 5.90. The standard InChI is InChI=1S/C21H19N3O5/c1-27-17-9-8-14(12-23-24-21(26)19-7-4-10-28-19)11-15(17)13-29-18-6-3-2-5-16(18)20(22)25/h2-12H,13H2,1H3,(H2,22,25)(H,24,26). The second-order valence-corrected chi connectivity index (χ2v) is 5.90. The number of carbonyl (C=O) groups is 2. The highest BCUT2D eigenvalue weighted by Gasteiger charge is 2.11. The summed E-state index contributed by atoms with van der Waals surface area (Å²) in [6.07, 6.45) is 2.89. The number of carbonyl (C=O) groups excluding carboxylic acids is 2. The summed E-state index contributed by atoms with van der Waals surface area (Å²) in [5.41, 5.74) is 9.50. The molecule has 0 atom stereocenters. The lowest BCUT2D eigenvalue weighted by Crippen LogP contribution is -2.16. The van der Waals surface area contributed by atoms with E-state index >= 15 is 0 Å².